The third kappa shape index (κ3) is 3.41. The number of rotatable bonds is 3. The van der Waals surface area contributed by atoms with E-state index in [-0.39, 0.29) is 5.41 Å². The molecular formula is C41H30N2. The fraction of sp³-hybridized carbons (Fsp3) is 0.0732. The second kappa shape index (κ2) is 8.83. The lowest BCUT2D eigenvalue weighted by atomic mass is 9.81. The predicted octanol–water partition coefficient (Wildman–Crippen LogP) is 10.7. The zero-order valence-electron chi connectivity index (χ0n) is 24.3. The van der Waals surface area contributed by atoms with Crippen LogP contribution in [-0.2, 0) is 5.41 Å². The van der Waals surface area contributed by atoms with E-state index in [0.717, 1.165) is 0 Å². The maximum atomic E-state index is 2.44. The molecule has 2 aromatic heterocycles. The normalized spacial score (nSPS) is 13.5. The van der Waals surface area contributed by atoms with Crippen molar-refractivity contribution in [3.8, 4) is 33.6 Å². The van der Waals surface area contributed by atoms with Gasteiger partial charge in [0.2, 0.25) is 0 Å². The maximum Gasteiger partial charge on any atom is 0.0635 e. The minimum Gasteiger partial charge on any atom is -0.316 e. The highest BCUT2D eigenvalue weighted by atomic mass is 15.0. The lowest BCUT2D eigenvalue weighted by Crippen LogP contribution is -2.14. The molecule has 2 heterocycles. The molecular weight excluding hydrogens is 520 g/mol. The maximum absolute atomic E-state index is 2.44. The average Bonchev–Trinajstić information content (AvgIpc) is 3.71. The van der Waals surface area contributed by atoms with Crippen LogP contribution in [0.15, 0.2) is 146 Å². The Balaban J connectivity index is 1.20. The van der Waals surface area contributed by atoms with Gasteiger partial charge in [0.05, 0.1) is 16.6 Å². The van der Waals surface area contributed by atoms with E-state index in [4.69, 9.17) is 0 Å². The first-order valence-electron chi connectivity index (χ1n) is 15.0. The van der Waals surface area contributed by atoms with Gasteiger partial charge in [-0.3, -0.25) is 0 Å². The van der Waals surface area contributed by atoms with Gasteiger partial charge in [-0.05, 0) is 81.9 Å². The summed E-state index contributed by atoms with van der Waals surface area (Å²) in [6.45, 7) is 4.69. The summed E-state index contributed by atoms with van der Waals surface area (Å²) in [6, 6.07) is 51.1. The molecule has 0 saturated carbocycles. The summed E-state index contributed by atoms with van der Waals surface area (Å²) >= 11 is 0. The van der Waals surface area contributed by atoms with Gasteiger partial charge in [-0.15, -0.1) is 0 Å². The molecule has 1 aliphatic carbocycles. The zero-order valence-corrected chi connectivity index (χ0v) is 24.3. The van der Waals surface area contributed by atoms with Crippen LogP contribution in [0, 0.1) is 0 Å². The van der Waals surface area contributed by atoms with Crippen molar-refractivity contribution in [2.24, 2.45) is 0 Å². The molecule has 2 nitrogen and oxygen atoms in total. The molecule has 0 bridgehead atoms. The summed E-state index contributed by atoms with van der Waals surface area (Å²) in [7, 11) is 0. The first kappa shape index (κ1) is 24.3. The summed E-state index contributed by atoms with van der Waals surface area (Å²) in [6.07, 6.45) is 2.19. The molecule has 9 rings (SSSR count). The lowest BCUT2D eigenvalue weighted by molar-refractivity contribution is 0.660. The highest BCUT2D eigenvalue weighted by Crippen LogP contribution is 2.49. The van der Waals surface area contributed by atoms with Gasteiger partial charge in [0, 0.05) is 39.1 Å². The van der Waals surface area contributed by atoms with Crippen molar-refractivity contribution < 1.29 is 0 Å². The third-order valence-corrected chi connectivity index (χ3v) is 9.58. The highest BCUT2D eigenvalue weighted by molar-refractivity contribution is 6.18. The van der Waals surface area contributed by atoms with Crippen LogP contribution >= 0.6 is 0 Å². The molecule has 6 aromatic carbocycles. The van der Waals surface area contributed by atoms with E-state index in [1.165, 1.54) is 77.5 Å². The Labute approximate surface area is 251 Å². The number of aromatic nitrogens is 2. The molecule has 8 aromatic rings. The van der Waals surface area contributed by atoms with Crippen LogP contribution in [-0.4, -0.2) is 9.13 Å². The zero-order chi connectivity index (χ0) is 28.7. The SMILES string of the molecule is CC1(C)c2ccccc2-c2ccc(-c3ccc(-n4c5ccccc5c5ccc6c(ccn6-c6ccccc6)c54)cc3)cc21. The van der Waals surface area contributed by atoms with Crippen molar-refractivity contribution >= 4 is 32.7 Å². The quantitative estimate of drug-likeness (QED) is 0.207. The van der Waals surface area contributed by atoms with E-state index in [2.05, 4.69) is 169 Å². The number of para-hydroxylation sites is 2. The van der Waals surface area contributed by atoms with Crippen LogP contribution < -0.4 is 0 Å². The Bertz CT molecular complexity index is 2350. The first-order valence-corrected chi connectivity index (χ1v) is 15.0. The lowest BCUT2D eigenvalue weighted by Gasteiger charge is -2.22. The van der Waals surface area contributed by atoms with Gasteiger partial charge in [0.1, 0.15) is 0 Å². The summed E-state index contributed by atoms with van der Waals surface area (Å²) in [4.78, 5) is 0. The minimum absolute atomic E-state index is 0.00756. The van der Waals surface area contributed by atoms with Crippen molar-refractivity contribution in [3.05, 3.63) is 157 Å². The summed E-state index contributed by atoms with van der Waals surface area (Å²) in [5, 5.41) is 3.80. The molecule has 0 amide bonds. The van der Waals surface area contributed by atoms with Crippen molar-refractivity contribution in [1.82, 2.24) is 9.13 Å². The second-order valence-electron chi connectivity index (χ2n) is 12.2. The smallest absolute Gasteiger partial charge is 0.0635 e. The van der Waals surface area contributed by atoms with Crippen LogP contribution in [0.4, 0.5) is 0 Å². The topological polar surface area (TPSA) is 9.86 Å². The molecule has 1 aliphatic rings. The Hall–Kier alpha value is -5.34. The molecule has 0 aliphatic heterocycles. The molecule has 204 valence electrons. The van der Waals surface area contributed by atoms with E-state index in [9.17, 15) is 0 Å². The molecule has 0 fully saturated rings. The molecule has 0 N–H and O–H groups in total. The monoisotopic (exact) mass is 550 g/mol. The van der Waals surface area contributed by atoms with E-state index in [1.54, 1.807) is 0 Å². The summed E-state index contributed by atoms with van der Waals surface area (Å²) in [5.74, 6) is 0. The molecule has 0 spiro atoms. The van der Waals surface area contributed by atoms with Crippen LogP contribution in [0.5, 0.6) is 0 Å². The molecule has 0 saturated heterocycles. The van der Waals surface area contributed by atoms with E-state index in [1.807, 2.05) is 0 Å². The van der Waals surface area contributed by atoms with Gasteiger partial charge in [-0.2, -0.15) is 0 Å². The Kier molecular flexibility index (Phi) is 4.99. The number of hydrogen-bond acceptors (Lipinski definition) is 0. The van der Waals surface area contributed by atoms with E-state index < -0.39 is 0 Å². The second-order valence-corrected chi connectivity index (χ2v) is 12.2. The van der Waals surface area contributed by atoms with Gasteiger partial charge in [-0.25, -0.2) is 0 Å². The van der Waals surface area contributed by atoms with Crippen LogP contribution in [0.3, 0.4) is 0 Å². The third-order valence-electron chi connectivity index (χ3n) is 9.58. The van der Waals surface area contributed by atoms with Gasteiger partial charge in [-0.1, -0.05) is 105 Å². The van der Waals surface area contributed by atoms with E-state index >= 15 is 0 Å². The Morgan fingerprint density at radius 1 is 0.465 bits per heavy atom. The van der Waals surface area contributed by atoms with Crippen molar-refractivity contribution in [2.45, 2.75) is 19.3 Å². The van der Waals surface area contributed by atoms with Crippen molar-refractivity contribution in [1.29, 1.82) is 0 Å². The van der Waals surface area contributed by atoms with Gasteiger partial charge >= 0.3 is 0 Å². The number of benzene rings is 6. The predicted molar refractivity (Wildman–Crippen MR) is 181 cm³/mol. The van der Waals surface area contributed by atoms with Crippen LogP contribution in [0.1, 0.15) is 25.0 Å². The van der Waals surface area contributed by atoms with Crippen molar-refractivity contribution in [3.63, 3.8) is 0 Å². The molecule has 0 unspecified atom stereocenters. The van der Waals surface area contributed by atoms with Gasteiger partial charge < -0.3 is 9.13 Å². The fourth-order valence-corrected chi connectivity index (χ4v) is 7.44. The minimum atomic E-state index is -0.00756. The number of nitrogens with zero attached hydrogens (tertiary/aromatic N) is 2. The summed E-state index contributed by atoms with van der Waals surface area (Å²) in [5.41, 5.74) is 14.1. The first-order chi connectivity index (χ1) is 21.1. The van der Waals surface area contributed by atoms with Crippen LogP contribution in [0.25, 0.3) is 66.3 Å². The molecule has 2 heteroatoms. The summed E-state index contributed by atoms with van der Waals surface area (Å²) < 4.78 is 4.72. The Morgan fingerprint density at radius 2 is 1.19 bits per heavy atom. The van der Waals surface area contributed by atoms with Crippen molar-refractivity contribution in [2.75, 3.05) is 0 Å². The Morgan fingerprint density at radius 3 is 2.05 bits per heavy atom. The molecule has 0 atom stereocenters. The fourth-order valence-electron chi connectivity index (χ4n) is 7.44. The molecule has 43 heavy (non-hydrogen) atoms. The average molecular weight is 551 g/mol. The number of fused-ring (bicyclic) bond motifs is 8. The van der Waals surface area contributed by atoms with E-state index in [0.29, 0.717) is 0 Å². The highest BCUT2D eigenvalue weighted by Gasteiger charge is 2.35. The van der Waals surface area contributed by atoms with Crippen LogP contribution in [0.2, 0.25) is 0 Å². The molecule has 0 radical (unpaired) electrons. The standard InChI is InChI=1S/C41H30N2/c1-41(2)36-14-8-6-12-31(36)32-21-18-28(26-37(32)41)27-16-19-30(20-17-27)43-39-15-9-7-13-33(39)34-22-23-38-35(40(34)43)24-25-42(38)29-10-4-3-5-11-29/h3-26H,1-2H3. The van der Waals surface area contributed by atoms with Gasteiger partial charge in [0.15, 0.2) is 0 Å². The largest absolute Gasteiger partial charge is 0.316 e. The number of hydrogen-bond donors (Lipinski definition) is 0. The van der Waals surface area contributed by atoms with Gasteiger partial charge in [0.25, 0.3) is 0 Å².